The van der Waals surface area contributed by atoms with Gasteiger partial charge in [-0.05, 0) is 52.9 Å². The maximum absolute atomic E-state index is 12.7. The van der Waals surface area contributed by atoms with E-state index in [0.29, 0.717) is 18.7 Å². The van der Waals surface area contributed by atoms with E-state index in [9.17, 15) is 4.79 Å². The van der Waals surface area contributed by atoms with Crippen molar-refractivity contribution < 1.29 is 19.0 Å². The lowest BCUT2D eigenvalue weighted by molar-refractivity contribution is -0.120. The van der Waals surface area contributed by atoms with Crippen LogP contribution < -0.4 is 19.5 Å². The van der Waals surface area contributed by atoms with E-state index in [4.69, 9.17) is 14.2 Å². The lowest BCUT2D eigenvalue weighted by atomic mass is 9.91. The highest BCUT2D eigenvalue weighted by Gasteiger charge is 2.29. The number of carbonyl (C=O) groups excluding carboxylic acids is 1. The molecule has 0 saturated heterocycles. The Bertz CT molecular complexity index is 1120. The van der Waals surface area contributed by atoms with Gasteiger partial charge in [-0.25, -0.2) is 0 Å². The lowest BCUT2D eigenvalue weighted by Crippen LogP contribution is -2.42. The fourth-order valence-electron chi connectivity index (χ4n) is 4.57. The molecule has 1 aliphatic rings. The Morgan fingerprint density at radius 2 is 1.65 bits per heavy atom. The second kappa shape index (κ2) is 11.1. The smallest absolute Gasteiger partial charge is 0.224 e. The summed E-state index contributed by atoms with van der Waals surface area (Å²) in [4.78, 5) is 15.2. The third-order valence-corrected chi connectivity index (χ3v) is 6.33. The van der Waals surface area contributed by atoms with Gasteiger partial charge in [0.25, 0.3) is 0 Å². The molecule has 0 aromatic heterocycles. The summed E-state index contributed by atoms with van der Waals surface area (Å²) >= 11 is 0. The molecule has 1 atom stereocenters. The molecule has 6 nitrogen and oxygen atoms in total. The Kier molecular flexibility index (Phi) is 7.70. The molecule has 1 unspecified atom stereocenters. The van der Waals surface area contributed by atoms with Crippen molar-refractivity contribution in [3.05, 3.63) is 89.0 Å². The summed E-state index contributed by atoms with van der Waals surface area (Å²) < 4.78 is 16.5. The van der Waals surface area contributed by atoms with Crippen LogP contribution in [0.5, 0.6) is 17.2 Å². The number of benzene rings is 3. The van der Waals surface area contributed by atoms with Crippen LogP contribution in [-0.4, -0.2) is 45.2 Å². The first kappa shape index (κ1) is 23.6. The second-order valence-corrected chi connectivity index (χ2v) is 8.46. The van der Waals surface area contributed by atoms with Crippen LogP contribution in [0.25, 0.3) is 0 Å². The van der Waals surface area contributed by atoms with E-state index in [-0.39, 0.29) is 11.9 Å². The summed E-state index contributed by atoms with van der Waals surface area (Å²) in [6.07, 6.45) is 1.26. The van der Waals surface area contributed by atoms with Crippen molar-refractivity contribution in [3.8, 4) is 17.2 Å². The average molecular weight is 461 g/mol. The van der Waals surface area contributed by atoms with E-state index in [1.54, 1.807) is 21.3 Å². The number of nitrogens with one attached hydrogen (secondary N) is 1. The molecule has 6 heteroatoms. The van der Waals surface area contributed by atoms with E-state index in [2.05, 4.69) is 34.5 Å². The summed E-state index contributed by atoms with van der Waals surface area (Å²) in [7, 11) is 4.99. The molecule has 1 N–H and O–H groups in total. The molecule has 4 rings (SSSR count). The number of fused-ring (bicyclic) bond motifs is 1. The molecule has 0 aliphatic carbocycles. The minimum Gasteiger partial charge on any atom is -0.497 e. The van der Waals surface area contributed by atoms with E-state index in [1.807, 2.05) is 42.5 Å². The van der Waals surface area contributed by atoms with Crippen LogP contribution in [0.4, 0.5) is 0 Å². The maximum Gasteiger partial charge on any atom is 0.224 e. The minimum atomic E-state index is 0.00878. The van der Waals surface area contributed by atoms with Gasteiger partial charge in [-0.15, -0.1) is 0 Å². The van der Waals surface area contributed by atoms with E-state index in [1.165, 1.54) is 11.1 Å². The molecule has 0 saturated carbocycles. The van der Waals surface area contributed by atoms with Crippen molar-refractivity contribution in [3.63, 3.8) is 0 Å². The van der Waals surface area contributed by atoms with Crippen LogP contribution in [0.3, 0.4) is 0 Å². The molecule has 34 heavy (non-hydrogen) atoms. The van der Waals surface area contributed by atoms with Gasteiger partial charge in [0.05, 0.1) is 33.8 Å². The number of methoxy groups -OCH3 is 3. The van der Waals surface area contributed by atoms with Gasteiger partial charge in [0.1, 0.15) is 5.75 Å². The molecular formula is C28H32N2O4. The zero-order valence-electron chi connectivity index (χ0n) is 20.0. The number of rotatable bonds is 9. The van der Waals surface area contributed by atoms with Crippen LogP contribution in [0.1, 0.15) is 28.3 Å². The number of hydrogen-bond donors (Lipinski definition) is 1. The number of ether oxygens (including phenoxy) is 3. The Morgan fingerprint density at radius 1 is 0.912 bits per heavy atom. The fraction of sp³-hybridized carbons (Fsp3) is 0.321. The van der Waals surface area contributed by atoms with Crippen LogP contribution in [0, 0.1) is 0 Å². The quantitative estimate of drug-likeness (QED) is 0.519. The van der Waals surface area contributed by atoms with Gasteiger partial charge in [0.15, 0.2) is 11.5 Å². The molecule has 0 bridgehead atoms. The van der Waals surface area contributed by atoms with Gasteiger partial charge in [-0.2, -0.15) is 0 Å². The van der Waals surface area contributed by atoms with Crippen molar-refractivity contribution in [2.75, 3.05) is 34.4 Å². The van der Waals surface area contributed by atoms with Gasteiger partial charge in [-0.1, -0.05) is 42.5 Å². The average Bonchev–Trinajstić information content (AvgIpc) is 2.87. The van der Waals surface area contributed by atoms with E-state index >= 15 is 0 Å². The van der Waals surface area contributed by atoms with Crippen molar-refractivity contribution in [2.24, 2.45) is 0 Å². The van der Waals surface area contributed by atoms with Crippen molar-refractivity contribution in [2.45, 2.75) is 25.4 Å². The third-order valence-electron chi connectivity index (χ3n) is 6.33. The van der Waals surface area contributed by atoms with E-state index < -0.39 is 0 Å². The summed E-state index contributed by atoms with van der Waals surface area (Å²) in [5, 5.41) is 3.17. The van der Waals surface area contributed by atoms with Gasteiger partial charge in [0.2, 0.25) is 5.91 Å². The first-order valence-electron chi connectivity index (χ1n) is 11.5. The molecule has 1 amide bonds. The first-order chi connectivity index (χ1) is 16.6. The lowest BCUT2D eigenvalue weighted by Gasteiger charge is -2.38. The summed E-state index contributed by atoms with van der Waals surface area (Å²) in [5.41, 5.74) is 4.56. The highest BCUT2D eigenvalue weighted by Crippen LogP contribution is 2.38. The zero-order chi connectivity index (χ0) is 23.9. The van der Waals surface area contributed by atoms with E-state index in [0.717, 1.165) is 42.1 Å². The van der Waals surface area contributed by atoms with Crippen LogP contribution in [-0.2, 0) is 24.2 Å². The van der Waals surface area contributed by atoms with Crippen molar-refractivity contribution >= 4 is 5.91 Å². The monoisotopic (exact) mass is 460 g/mol. The summed E-state index contributed by atoms with van der Waals surface area (Å²) in [6, 6.07) is 22.1. The number of nitrogens with zero attached hydrogens (tertiary/aromatic N) is 1. The predicted molar refractivity (Wildman–Crippen MR) is 133 cm³/mol. The highest BCUT2D eigenvalue weighted by molar-refractivity contribution is 5.78. The van der Waals surface area contributed by atoms with Crippen LogP contribution in [0.2, 0.25) is 0 Å². The zero-order valence-corrected chi connectivity index (χ0v) is 20.0. The largest absolute Gasteiger partial charge is 0.497 e. The first-order valence-corrected chi connectivity index (χ1v) is 11.5. The highest BCUT2D eigenvalue weighted by atomic mass is 16.5. The third kappa shape index (κ3) is 5.51. The van der Waals surface area contributed by atoms with Crippen LogP contribution >= 0.6 is 0 Å². The van der Waals surface area contributed by atoms with Gasteiger partial charge in [0, 0.05) is 19.6 Å². The Labute approximate surface area is 201 Å². The Balaban J connectivity index is 1.58. The molecule has 1 aliphatic heterocycles. The molecule has 3 aromatic carbocycles. The summed E-state index contributed by atoms with van der Waals surface area (Å²) in [5.74, 6) is 2.29. The molecule has 0 spiro atoms. The molecule has 0 fully saturated rings. The predicted octanol–water partition coefficient (Wildman–Crippen LogP) is 4.17. The SMILES string of the molecule is COc1cccc(CN2CCc3cc(OC)c(OC)cc3C2CNC(=O)Cc2ccccc2)c1. The molecule has 178 valence electrons. The molecule has 3 aromatic rings. The standard InChI is InChI=1S/C28H32N2O4/c1-32-23-11-7-10-21(14-23)19-30-13-12-22-16-26(33-2)27(34-3)17-24(22)25(30)18-29-28(31)15-20-8-5-4-6-9-20/h4-11,14,16-17,25H,12-13,15,18-19H2,1-3H3,(H,29,31). The van der Waals surface area contributed by atoms with Gasteiger partial charge < -0.3 is 19.5 Å². The van der Waals surface area contributed by atoms with Crippen molar-refractivity contribution in [1.82, 2.24) is 10.2 Å². The minimum absolute atomic E-state index is 0.00878. The fourth-order valence-corrected chi connectivity index (χ4v) is 4.57. The second-order valence-electron chi connectivity index (χ2n) is 8.46. The van der Waals surface area contributed by atoms with Crippen LogP contribution in [0.15, 0.2) is 66.7 Å². The number of carbonyl (C=O) groups is 1. The topological polar surface area (TPSA) is 60.0 Å². The summed E-state index contributed by atoms with van der Waals surface area (Å²) in [6.45, 7) is 2.14. The molecule has 0 radical (unpaired) electrons. The van der Waals surface area contributed by atoms with Crippen molar-refractivity contribution in [1.29, 1.82) is 0 Å². The Hall–Kier alpha value is -3.51. The maximum atomic E-state index is 12.7. The van der Waals surface area contributed by atoms with Gasteiger partial charge in [-0.3, -0.25) is 9.69 Å². The molecular weight excluding hydrogens is 428 g/mol. The normalized spacial score (nSPS) is 15.3. The number of amides is 1. The van der Waals surface area contributed by atoms with Gasteiger partial charge >= 0.3 is 0 Å². The Morgan fingerprint density at radius 3 is 2.38 bits per heavy atom. The molecule has 1 heterocycles. The number of hydrogen-bond acceptors (Lipinski definition) is 5.